The highest BCUT2D eigenvalue weighted by atomic mass is 16.2. The first kappa shape index (κ1) is 19.5. The highest BCUT2D eigenvalue weighted by Gasteiger charge is 2.30. The molecule has 1 aromatic heterocycles. The van der Waals surface area contributed by atoms with Crippen molar-refractivity contribution in [2.24, 2.45) is 13.0 Å². The Kier molecular flexibility index (Phi) is 5.91. The van der Waals surface area contributed by atoms with Crippen molar-refractivity contribution >= 4 is 17.6 Å². The molecule has 1 aromatic rings. The van der Waals surface area contributed by atoms with Gasteiger partial charge < -0.3 is 10.2 Å². The van der Waals surface area contributed by atoms with E-state index in [4.69, 9.17) is 0 Å². The Labute approximate surface area is 151 Å². The molecule has 1 heterocycles. The van der Waals surface area contributed by atoms with E-state index in [9.17, 15) is 9.59 Å². The van der Waals surface area contributed by atoms with Gasteiger partial charge in [-0.25, -0.2) is 0 Å². The van der Waals surface area contributed by atoms with E-state index in [1.54, 1.807) is 9.58 Å². The lowest BCUT2D eigenvalue weighted by molar-refractivity contribution is -0.140. The molecule has 25 heavy (non-hydrogen) atoms. The predicted octanol–water partition coefficient (Wildman–Crippen LogP) is 3.08. The van der Waals surface area contributed by atoms with Crippen LogP contribution in [0.5, 0.6) is 0 Å². The number of carbonyl (C=O) groups excluding carboxylic acids is 2. The molecule has 0 bridgehead atoms. The Morgan fingerprint density at radius 1 is 1.32 bits per heavy atom. The van der Waals surface area contributed by atoms with Gasteiger partial charge in [0.2, 0.25) is 11.8 Å². The van der Waals surface area contributed by atoms with E-state index < -0.39 is 0 Å². The first-order valence-corrected chi connectivity index (χ1v) is 9.24. The van der Waals surface area contributed by atoms with Crippen LogP contribution < -0.4 is 5.32 Å². The zero-order chi connectivity index (χ0) is 18.8. The summed E-state index contributed by atoms with van der Waals surface area (Å²) in [6.07, 6.45) is 4.11. The highest BCUT2D eigenvalue weighted by Crippen LogP contribution is 2.27. The summed E-state index contributed by atoms with van der Waals surface area (Å²) < 4.78 is 1.68. The monoisotopic (exact) mass is 348 g/mol. The number of anilines is 1. The molecule has 1 N–H and O–H groups in total. The standard InChI is InChI=1S/C19H32N4O2/c1-13(2)23(18(25)14-9-7-8-10-14)12-17(24)20-16-11-15(19(3,4)5)21-22(16)6/h11,13-14H,7-10,12H2,1-6H3,(H,20,24). The molecule has 6 nitrogen and oxygen atoms in total. The average Bonchev–Trinajstić information content (AvgIpc) is 3.14. The Balaban J connectivity index is 2.04. The van der Waals surface area contributed by atoms with E-state index in [1.807, 2.05) is 27.0 Å². The minimum atomic E-state index is -0.177. The summed E-state index contributed by atoms with van der Waals surface area (Å²) in [5.41, 5.74) is 0.844. The van der Waals surface area contributed by atoms with Gasteiger partial charge >= 0.3 is 0 Å². The van der Waals surface area contributed by atoms with Gasteiger partial charge in [0.15, 0.2) is 0 Å². The quantitative estimate of drug-likeness (QED) is 0.889. The summed E-state index contributed by atoms with van der Waals surface area (Å²) in [4.78, 5) is 26.9. The third kappa shape index (κ3) is 4.83. The highest BCUT2D eigenvalue weighted by molar-refractivity contribution is 5.94. The molecule has 0 unspecified atom stereocenters. The Morgan fingerprint density at radius 2 is 1.92 bits per heavy atom. The second-order valence-corrected chi connectivity index (χ2v) is 8.38. The molecule has 1 aliphatic rings. The maximum Gasteiger partial charge on any atom is 0.245 e. The van der Waals surface area contributed by atoms with Gasteiger partial charge in [-0.3, -0.25) is 14.3 Å². The molecule has 0 atom stereocenters. The van der Waals surface area contributed by atoms with Gasteiger partial charge in [0.25, 0.3) is 0 Å². The molecule has 0 aromatic carbocycles. The second-order valence-electron chi connectivity index (χ2n) is 8.38. The SMILES string of the molecule is CC(C)N(CC(=O)Nc1cc(C(C)(C)C)nn1C)C(=O)C1CCCC1. The lowest BCUT2D eigenvalue weighted by atomic mass is 9.92. The van der Waals surface area contributed by atoms with Gasteiger partial charge in [0, 0.05) is 30.5 Å². The van der Waals surface area contributed by atoms with Crippen molar-refractivity contribution in [1.29, 1.82) is 0 Å². The minimum absolute atomic E-state index is 0.00974. The lowest BCUT2D eigenvalue weighted by Gasteiger charge is -2.28. The number of aromatic nitrogens is 2. The molecule has 1 fully saturated rings. The summed E-state index contributed by atoms with van der Waals surface area (Å²) in [7, 11) is 1.81. The van der Waals surface area contributed by atoms with Gasteiger partial charge in [-0.05, 0) is 26.7 Å². The first-order chi connectivity index (χ1) is 11.6. The predicted molar refractivity (Wildman–Crippen MR) is 99.3 cm³/mol. The molecule has 0 aliphatic heterocycles. The number of carbonyl (C=O) groups is 2. The Morgan fingerprint density at radius 3 is 2.40 bits per heavy atom. The third-order valence-electron chi connectivity index (χ3n) is 4.84. The average molecular weight is 348 g/mol. The fourth-order valence-electron chi connectivity index (χ4n) is 3.21. The van der Waals surface area contributed by atoms with E-state index >= 15 is 0 Å². The smallest absolute Gasteiger partial charge is 0.245 e. The first-order valence-electron chi connectivity index (χ1n) is 9.24. The summed E-state index contributed by atoms with van der Waals surface area (Å²) in [6.45, 7) is 10.3. The zero-order valence-electron chi connectivity index (χ0n) is 16.4. The molecule has 6 heteroatoms. The maximum absolute atomic E-state index is 12.7. The molecule has 140 valence electrons. The van der Waals surface area contributed by atoms with Crippen molar-refractivity contribution in [1.82, 2.24) is 14.7 Å². The molecule has 0 saturated heterocycles. The van der Waals surface area contributed by atoms with Crippen molar-refractivity contribution in [3.8, 4) is 0 Å². The molecular formula is C19H32N4O2. The van der Waals surface area contributed by atoms with E-state index in [2.05, 4.69) is 31.2 Å². The molecule has 0 spiro atoms. The summed E-state index contributed by atoms with van der Waals surface area (Å²) >= 11 is 0. The number of rotatable bonds is 5. The van der Waals surface area contributed by atoms with E-state index in [-0.39, 0.29) is 35.7 Å². The summed E-state index contributed by atoms with van der Waals surface area (Å²) in [6, 6.07) is 1.91. The van der Waals surface area contributed by atoms with Crippen molar-refractivity contribution in [2.75, 3.05) is 11.9 Å². The van der Waals surface area contributed by atoms with Crippen LogP contribution >= 0.6 is 0 Å². The maximum atomic E-state index is 12.7. The minimum Gasteiger partial charge on any atom is -0.331 e. The van der Waals surface area contributed by atoms with E-state index in [0.29, 0.717) is 5.82 Å². The van der Waals surface area contributed by atoms with Crippen molar-refractivity contribution in [3.05, 3.63) is 11.8 Å². The van der Waals surface area contributed by atoms with Gasteiger partial charge in [-0.2, -0.15) is 5.10 Å². The molecule has 1 saturated carbocycles. The topological polar surface area (TPSA) is 67.2 Å². The molecular weight excluding hydrogens is 316 g/mol. The Hall–Kier alpha value is -1.85. The van der Waals surface area contributed by atoms with E-state index in [1.165, 1.54) is 0 Å². The van der Waals surface area contributed by atoms with Crippen LogP contribution in [0.15, 0.2) is 6.07 Å². The molecule has 0 radical (unpaired) electrons. The van der Waals surface area contributed by atoms with Gasteiger partial charge in [0.05, 0.1) is 5.69 Å². The zero-order valence-corrected chi connectivity index (χ0v) is 16.4. The van der Waals surface area contributed by atoms with Crippen LogP contribution in [-0.4, -0.2) is 39.1 Å². The second kappa shape index (κ2) is 7.58. The van der Waals surface area contributed by atoms with Crippen LogP contribution in [-0.2, 0) is 22.1 Å². The number of hydrogen-bond acceptors (Lipinski definition) is 3. The van der Waals surface area contributed by atoms with E-state index in [0.717, 1.165) is 31.4 Å². The van der Waals surface area contributed by atoms with Crippen LogP contribution in [0.1, 0.15) is 66.0 Å². The number of nitrogens with zero attached hydrogens (tertiary/aromatic N) is 3. The van der Waals surface area contributed by atoms with Crippen LogP contribution in [0.2, 0.25) is 0 Å². The van der Waals surface area contributed by atoms with Crippen molar-refractivity contribution in [2.45, 2.75) is 71.8 Å². The van der Waals surface area contributed by atoms with Crippen LogP contribution in [0.25, 0.3) is 0 Å². The Bertz CT molecular complexity index is 622. The van der Waals surface area contributed by atoms with Gasteiger partial charge in [-0.15, -0.1) is 0 Å². The van der Waals surface area contributed by atoms with Crippen LogP contribution in [0, 0.1) is 5.92 Å². The van der Waals surface area contributed by atoms with Crippen LogP contribution in [0.3, 0.4) is 0 Å². The number of nitrogens with one attached hydrogen (secondary N) is 1. The largest absolute Gasteiger partial charge is 0.331 e. The van der Waals surface area contributed by atoms with Gasteiger partial charge in [0.1, 0.15) is 12.4 Å². The van der Waals surface area contributed by atoms with Crippen LogP contribution in [0.4, 0.5) is 5.82 Å². The van der Waals surface area contributed by atoms with Gasteiger partial charge in [-0.1, -0.05) is 33.6 Å². The molecule has 2 amide bonds. The normalized spacial score (nSPS) is 15.6. The number of aryl methyl sites for hydroxylation is 1. The molecule has 2 rings (SSSR count). The summed E-state index contributed by atoms with van der Waals surface area (Å²) in [5, 5.41) is 7.37. The van der Waals surface area contributed by atoms with Crippen molar-refractivity contribution < 1.29 is 9.59 Å². The number of amides is 2. The molecule has 1 aliphatic carbocycles. The van der Waals surface area contributed by atoms with Crippen molar-refractivity contribution in [3.63, 3.8) is 0 Å². The summed E-state index contributed by atoms with van der Waals surface area (Å²) in [5.74, 6) is 0.679. The lowest BCUT2D eigenvalue weighted by Crippen LogP contribution is -2.44. The third-order valence-corrected chi connectivity index (χ3v) is 4.84. The fourth-order valence-corrected chi connectivity index (χ4v) is 3.21. The number of hydrogen-bond donors (Lipinski definition) is 1. The fraction of sp³-hybridized carbons (Fsp3) is 0.737.